The molecular weight excluding hydrogens is 251 g/mol. The van der Waals surface area contributed by atoms with Gasteiger partial charge in [0.25, 0.3) is 0 Å². The van der Waals surface area contributed by atoms with E-state index in [4.69, 9.17) is 0 Å². The molecule has 1 aromatic carbocycles. The van der Waals surface area contributed by atoms with E-state index in [-0.39, 0.29) is 5.82 Å². The van der Waals surface area contributed by atoms with Gasteiger partial charge in [0.2, 0.25) is 0 Å². The van der Waals surface area contributed by atoms with Gasteiger partial charge in [0.15, 0.2) is 0 Å². The molecule has 1 atom stereocenters. The highest BCUT2D eigenvalue weighted by Crippen LogP contribution is 2.31. The molecule has 2 aromatic rings. The highest BCUT2D eigenvalue weighted by atomic mass is 32.2. The molecule has 18 heavy (non-hydrogen) atoms. The van der Waals surface area contributed by atoms with Gasteiger partial charge in [-0.1, -0.05) is 17.8 Å². The lowest BCUT2D eigenvalue weighted by Gasteiger charge is -2.07. The van der Waals surface area contributed by atoms with Crippen LogP contribution < -0.4 is 0 Å². The molecule has 1 heterocycles. The molecule has 5 heteroatoms. The van der Waals surface area contributed by atoms with E-state index in [1.807, 2.05) is 20.0 Å². The van der Waals surface area contributed by atoms with E-state index in [1.54, 1.807) is 23.7 Å². The number of halogens is 1. The van der Waals surface area contributed by atoms with Gasteiger partial charge in [-0.25, -0.2) is 4.39 Å². The average molecular weight is 266 g/mol. The number of aliphatic hydroxyl groups excluding tert-OH is 1. The van der Waals surface area contributed by atoms with Crippen molar-refractivity contribution in [1.29, 1.82) is 0 Å². The maximum atomic E-state index is 13.9. The molecule has 0 spiro atoms. The molecular formula is C13H15FN2OS. The topological polar surface area (TPSA) is 38.0 Å². The van der Waals surface area contributed by atoms with E-state index < -0.39 is 6.10 Å². The Bertz CT molecular complexity index is 566. The summed E-state index contributed by atoms with van der Waals surface area (Å²) in [4.78, 5) is 0.530. The Balaban J connectivity index is 2.27. The van der Waals surface area contributed by atoms with Gasteiger partial charge in [-0.2, -0.15) is 5.10 Å². The maximum Gasteiger partial charge on any atom is 0.137 e. The van der Waals surface area contributed by atoms with Crippen molar-refractivity contribution in [1.82, 2.24) is 9.78 Å². The molecule has 1 aromatic heterocycles. The Morgan fingerprint density at radius 2 is 2.11 bits per heavy atom. The van der Waals surface area contributed by atoms with Crippen LogP contribution in [0.4, 0.5) is 4.39 Å². The van der Waals surface area contributed by atoms with Crippen molar-refractivity contribution < 1.29 is 9.50 Å². The van der Waals surface area contributed by atoms with Gasteiger partial charge in [-0.3, -0.25) is 4.68 Å². The van der Waals surface area contributed by atoms with E-state index in [2.05, 4.69) is 5.10 Å². The lowest BCUT2D eigenvalue weighted by molar-refractivity contribution is 0.198. The van der Waals surface area contributed by atoms with E-state index in [0.29, 0.717) is 10.5 Å². The van der Waals surface area contributed by atoms with Crippen molar-refractivity contribution in [3.63, 3.8) is 0 Å². The second kappa shape index (κ2) is 5.12. The van der Waals surface area contributed by atoms with Gasteiger partial charge >= 0.3 is 0 Å². The third kappa shape index (κ3) is 2.73. The SMILES string of the molecule is Cc1cc(Sc2ccc([C@H](C)O)cc2F)n(C)n1. The van der Waals surface area contributed by atoms with E-state index in [1.165, 1.54) is 17.8 Å². The molecule has 0 aliphatic rings. The molecule has 3 nitrogen and oxygen atoms in total. The number of hydrogen-bond acceptors (Lipinski definition) is 3. The summed E-state index contributed by atoms with van der Waals surface area (Å²) in [6, 6.07) is 6.70. The number of aliphatic hydroxyl groups is 1. The van der Waals surface area contributed by atoms with Crippen LogP contribution in [0.15, 0.2) is 34.2 Å². The first kappa shape index (κ1) is 13.1. The standard InChI is InChI=1S/C13H15FN2OS/c1-8-6-13(16(3)15-8)18-12-5-4-10(9(2)17)7-11(12)14/h4-7,9,17H,1-3H3/t9-/m0/s1. The third-order valence-corrected chi connectivity index (χ3v) is 3.75. The molecule has 0 amide bonds. The Morgan fingerprint density at radius 3 is 2.61 bits per heavy atom. The quantitative estimate of drug-likeness (QED) is 0.927. The summed E-state index contributed by atoms with van der Waals surface area (Å²) in [5.41, 5.74) is 1.49. The molecule has 0 saturated carbocycles. The van der Waals surface area contributed by atoms with Crippen LogP contribution in [0, 0.1) is 12.7 Å². The van der Waals surface area contributed by atoms with Crippen LogP contribution >= 0.6 is 11.8 Å². The van der Waals surface area contributed by atoms with Crippen LogP contribution in [0.25, 0.3) is 0 Å². The van der Waals surface area contributed by atoms with Crippen molar-refractivity contribution >= 4 is 11.8 Å². The smallest absolute Gasteiger partial charge is 0.137 e. The summed E-state index contributed by atoms with van der Waals surface area (Å²) in [5.74, 6) is -0.322. The maximum absolute atomic E-state index is 13.9. The Labute approximate surface area is 110 Å². The van der Waals surface area contributed by atoms with Gasteiger partial charge in [-0.15, -0.1) is 0 Å². The fourth-order valence-corrected chi connectivity index (χ4v) is 2.58. The molecule has 1 N–H and O–H groups in total. The number of nitrogens with zero attached hydrogens (tertiary/aromatic N) is 2. The minimum Gasteiger partial charge on any atom is -0.389 e. The zero-order valence-corrected chi connectivity index (χ0v) is 11.3. The monoisotopic (exact) mass is 266 g/mol. The second-order valence-corrected chi connectivity index (χ2v) is 5.28. The van der Waals surface area contributed by atoms with Crippen LogP contribution in [0.2, 0.25) is 0 Å². The highest BCUT2D eigenvalue weighted by molar-refractivity contribution is 7.99. The minimum absolute atomic E-state index is 0.322. The van der Waals surface area contributed by atoms with Gasteiger partial charge in [0, 0.05) is 11.9 Å². The molecule has 96 valence electrons. The van der Waals surface area contributed by atoms with Crippen molar-refractivity contribution in [2.75, 3.05) is 0 Å². The highest BCUT2D eigenvalue weighted by Gasteiger charge is 2.10. The molecule has 0 bridgehead atoms. The minimum atomic E-state index is -0.655. The fraction of sp³-hybridized carbons (Fsp3) is 0.308. The van der Waals surface area contributed by atoms with Crippen LogP contribution in [0.3, 0.4) is 0 Å². The van der Waals surface area contributed by atoms with Crippen LogP contribution in [-0.4, -0.2) is 14.9 Å². The number of hydrogen-bond donors (Lipinski definition) is 1. The zero-order valence-electron chi connectivity index (χ0n) is 10.5. The molecule has 0 unspecified atom stereocenters. The first-order valence-corrected chi connectivity index (χ1v) is 6.45. The van der Waals surface area contributed by atoms with Gasteiger partial charge in [0.05, 0.1) is 16.8 Å². The Hall–Kier alpha value is -1.33. The summed E-state index contributed by atoms with van der Waals surface area (Å²) >= 11 is 1.33. The number of aromatic nitrogens is 2. The first-order chi connectivity index (χ1) is 8.47. The number of aryl methyl sites for hydroxylation is 2. The lowest BCUT2D eigenvalue weighted by Crippen LogP contribution is -1.95. The van der Waals surface area contributed by atoms with E-state index in [0.717, 1.165) is 10.7 Å². The van der Waals surface area contributed by atoms with Crippen molar-refractivity contribution in [2.24, 2.45) is 7.05 Å². The van der Waals surface area contributed by atoms with E-state index in [9.17, 15) is 9.50 Å². The third-order valence-electron chi connectivity index (χ3n) is 2.61. The van der Waals surface area contributed by atoms with Crippen LogP contribution in [-0.2, 0) is 7.05 Å². The fourth-order valence-electron chi connectivity index (χ4n) is 1.65. The summed E-state index contributed by atoms with van der Waals surface area (Å²) in [7, 11) is 1.83. The summed E-state index contributed by atoms with van der Waals surface area (Å²) in [6.45, 7) is 3.52. The molecule has 0 saturated heterocycles. The zero-order chi connectivity index (χ0) is 13.3. The second-order valence-electron chi connectivity index (χ2n) is 4.22. The Kier molecular flexibility index (Phi) is 3.73. The Morgan fingerprint density at radius 1 is 1.39 bits per heavy atom. The molecule has 0 fully saturated rings. The summed E-state index contributed by atoms with van der Waals surface area (Å²) in [5, 5.41) is 14.5. The normalized spacial score (nSPS) is 12.7. The number of benzene rings is 1. The molecule has 0 radical (unpaired) electrons. The van der Waals surface area contributed by atoms with Crippen molar-refractivity contribution in [3.8, 4) is 0 Å². The summed E-state index contributed by atoms with van der Waals surface area (Å²) < 4.78 is 15.6. The average Bonchev–Trinajstić information content (AvgIpc) is 2.60. The van der Waals surface area contributed by atoms with Gasteiger partial charge in [0.1, 0.15) is 5.82 Å². The molecule has 0 aliphatic carbocycles. The number of rotatable bonds is 3. The summed E-state index contributed by atoms with van der Waals surface area (Å²) in [6.07, 6.45) is -0.655. The lowest BCUT2D eigenvalue weighted by atomic mass is 10.1. The van der Waals surface area contributed by atoms with Crippen molar-refractivity contribution in [3.05, 3.63) is 41.3 Å². The van der Waals surface area contributed by atoms with Crippen LogP contribution in [0.5, 0.6) is 0 Å². The first-order valence-electron chi connectivity index (χ1n) is 5.63. The van der Waals surface area contributed by atoms with E-state index >= 15 is 0 Å². The van der Waals surface area contributed by atoms with Gasteiger partial charge < -0.3 is 5.11 Å². The predicted molar refractivity (Wildman–Crippen MR) is 69.1 cm³/mol. The van der Waals surface area contributed by atoms with Crippen molar-refractivity contribution in [2.45, 2.75) is 29.9 Å². The molecule has 0 aliphatic heterocycles. The molecule has 2 rings (SSSR count). The largest absolute Gasteiger partial charge is 0.389 e. The van der Waals surface area contributed by atoms with Crippen LogP contribution in [0.1, 0.15) is 24.3 Å². The van der Waals surface area contributed by atoms with Gasteiger partial charge in [-0.05, 0) is 37.6 Å². The predicted octanol–water partition coefficient (Wildman–Crippen LogP) is 3.07.